The molecule has 2 rings (SSSR count). The summed E-state index contributed by atoms with van der Waals surface area (Å²) < 4.78 is 29.1. The molecule has 0 spiro atoms. The van der Waals surface area contributed by atoms with Gasteiger partial charge in [-0.3, -0.25) is 0 Å². The van der Waals surface area contributed by atoms with Crippen LogP contribution in [-0.2, 0) is 9.53 Å². The Labute approximate surface area is 161 Å². The largest absolute Gasteiger partial charge is 0.493 e. The van der Waals surface area contributed by atoms with E-state index in [0.717, 1.165) is 12.1 Å². The fraction of sp³-hybridized carbons (Fsp3) is 0.190. The summed E-state index contributed by atoms with van der Waals surface area (Å²) in [6, 6.07) is 14.6. The molecule has 2 aromatic carbocycles. The number of nitriles is 1. The molecule has 1 atom stereocenters. The van der Waals surface area contributed by atoms with Crippen LogP contribution in [0.3, 0.4) is 0 Å². The van der Waals surface area contributed by atoms with E-state index in [1.807, 2.05) is 6.07 Å². The number of hydrogen-bond acceptors (Lipinski definition) is 6. The van der Waals surface area contributed by atoms with Crippen LogP contribution < -0.4 is 9.47 Å². The molecule has 0 amide bonds. The van der Waals surface area contributed by atoms with Crippen molar-refractivity contribution >= 4 is 11.9 Å². The fourth-order valence-electron chi connectivity index (χ4n) is 2.18. The van der Waals surface area contributed by atoms with Crippen molar-refractivity contribution in [2.75, 3.05) is 6.61 Å². The van der Waals surface area contributed by atoms with Crippen molar-refractivity contribution in [3.63, 3.8) is 0 Å². The first-order valence-electron chi connectivity index (χ1n) is 8.37. The Morgan fingerprint density at radius 2 is 2.07 bits per heavy atom. The van der Waals surface area contributed by atoms with E-state index in [9.17, 15) is 14.0 Å². The number of nitrogens with zero attached hydrogens (tertiary/aromatic N) is 1. The van der Waals surface area contributed by atoms with Gasteiger partial charge in [0.1, 0.15) is 17.4 Å². The third kappa shape index (κ3) is 5.95. The van der Waals surface area contributed by atoms with Crippen LogP contribution >= 0.6 is 0 Å². The van der Waals surface area contributed by atoms with Crippen LogP contribution in [0.1, 0.15) is 23.2 Å². The number of carbonyl (C=O) groups is 2. The molecule has 0 fully saturated rings. The second kappa shape index (κ2) is 10.5. The lowest BCUT2D eigenvalue weighted by atomic mass is 10.2. The van der Waals surface area contributed by atoms with E-state index in [1.54, 1.807) is 18.2 Å². The van der Waals surface area contributed by atoms with E-state index >= 15 is 0 Å². The number of rotatable bonds is 9. The highest BCUT2D eigenvalue weighted by molar-refractivity contribution is 5.94. The fourth-order valence-corrected chi connectivity index (χ4v) is 2.18. The van der Waals surface area contributed by atoms with Gasteiger partial charge in [-0.1, -0.05) is 24.8 Å². The Balaban J connectivity index is 1.94. The van der Waals surface area contributed by atoms with Gasteiger partial charge in [-0.25, -0.2) is 14.0 Å². The van der Waals surface area contributed by atoms with Crippen LogP contribution in [0.5, 0.6) is 11.5 Å². The normalized spacial score (nSPS) is 11.0. The topological polar surface area (TPSA) is 85.6 Å². The molecule has 1 unspecified atom stereocenters. The van der Waals surface area contributed by atoms with Crippen molar-refractivity contribution in [2.45, 2.75) is 18.9 Å². The maximum atomic E-state index is 13.6. The molecule has 143 valence electrons. The molecule has 0 aliphatic carbocycles. The zero-order chi connectivity index (χ0) is 20.4. The predicted octanol–water partition coefficient (Wildman–Crippen LogP) is 3.63. The van der Waals surface area contributed by atoms with E-state index in [0.29, 0.717) is 6.42 Å². The Hall–Kier alpha value is -3.66. The third-order valence-corrected chi connectivity index (χ3v) is 3.52. The summed E-state index contributed by atoms with van der Waals surface area (Å²) in [5.74, 6) is -2.10. The Kier molecular flexibility index (Phi) is 7.73. The summed E-state index contributed by atoms with van der Waals surface area (Å²) in [7, 11) is 0. The van der Waals surface area contributed by atoms with Crippen LogP contribution in [0.4, 0.5) is 4.39 Å². The van der Waals surface area contributed by atoms with Gasteiger partial charge in [0.15, 0.2) is 17.7 Å². The molecule has 0 aliphatic rings. The molecule has 28 heavy (non-hydrogen) atoms. The number of esters is 2. The van der Waals surface area contributed by atoms with Crippen molar-refractivity contribution in [3.8, 4) is 17.6 Å². The van der Waals surface area contributed by atoms with Crippen LogP contribution in [0.2, 0.25) is 0 Å². The molecule has 6 nitrogen and oxygen atoms in total. The van der Waals surface area contributed by atoms with Crippen molar-refractivity contribution in [2.24, 2.45) is 0 Å². The van der Waals surface area contributed by atoms with Crippen LogP contribution in [0.15, 0.2) is 55.1 Å². The minimum atomic E-state index is -0.910. The van der Waals surface area contributed by atoms with E-state index < -0.39 is 23.9 Å². The molecule has 7 heteroatoms. The smallest absolute Gasteiger partial charge is 0.347 e. The maximum Gasteiger partial charge on any atom is 0.347 e. The molecule has 0 aromatic heterocycles. The molecule has 2 aromatic rings. The molecule has 0 N–H and O–H groups in total. The lowest BCUT2D eigenvalue weighted by molar-refractivity contribution is -0.140. The van der Waals surface area contributed by atoms with Crippen LogP contribution in [0.25, 0.3) is 0 Å². The minimum Gasteiger partial charge on any atom is -0.493 e. The van der Waals surface area contributed by atoms with Crippen molar-refractivity contribution in [1.82, 2.24) is 0 Å². The zero-order valence-electron chi connectivity index (χ0n) is 14.9. The van der Waals surface area contributed by atoms with E-state index in [4.69, 9.17) is 19.5 Å². The van der Waals surface area contributed by atoms with Crippen molar-refractivity contribution < 1.29 is 28.2 Å². The van der Waals surface area contributed by atoms with E-state index in [-0.39, 0.29) is 30.1 Å². The van der Waals surface area contributed by atoms with Gasteiger partial charge in [-0.2, -0.15) is 5.26 Å². The van der Waals surface area contributed by atoms with Gasteiger partial charge in [0.05, 0.1) is 6.61 Å². The summed E-state index contributed by atoms with van der Waals surface area (Å²) in [4.78, 5) is 23.5. The average Bonchev–Trinajstić information content (AvgIpc) is 2.71. The number of carbonyl (C=O) groups excluding carboxylic acids is 2. The monoisotopic (exact) mass is 382 g/mol. The maximum absolute atomic E-state index is 13.6. The molecule has 0 aliphatic heterocycles. The first kappa shape index (κ1) is 20.6. The highest BCUT2D eigenvalue weighted by Gasteiger charge is 2.17. The molecule has 1 radical (unpaired) electrons. The third-order valence-electron chi connectivity index (χ3n) is 3.52. The van der Waals surface area contributed by atoms with Crippen LogP contribution in [-0.4, -0.2) is 24.6 Å². The molecule has 0 saturated heterocycles. The van der Waals surface area contributed by atoms with Gasteiger partial charge < -0.3 is 14.2 Å². The Bertz CT molecular complexity index is 890. The second-order valence-electron chi connectivity index (χ2n) is 5.49. The highest BCUT2D eigenvalue weighted by atomic mass is 19.1. The Morgan fingerprint density at radius 1 is 1.29 bits per heavy atom. The summed E-state index contributed by atoms with van der Waals surface area (Å²) in [5.41, 5.74) is 0.129. The summed E-state index contributed by atoms with van der Waals surface area (Å²) >= 11 is 0. The van der Waals surface area contributed by atoms with E-state index in [2.05, 4.69) is 12.6 Å². The second-order valence-corrected chi connectivity index (χ2v) is 5.49. The zero-order valence-corrected chi connectivity index (χ0v) is 14.9. The lowest BCUT2D eigenvalue weighted by Crippen LogP contribution is -2.16. The first-order chi connectivity index (χ1) is 13.5. The van der Waals surface area contributed by atoms with Gasteiger partial charge in [0, 0.05) is 12.5 Å². The molecule has 0 bridgehead atoms. The summed E-state index contributed by atoms with van der Waals surface area (Å²) in [6.45, 7) is 3.44. The standard InChI is InChI=1S/C21H17FNO5/c1-2-20(24)27-15(14-23)8-7-13-26-18-11-5-3-9-16(18)21(25)28-19-12-6-4-10-17(19)22/h2-3,5-6,9-12,15H,1,7-8,13H2. The predicted molar refractivity (Wildman–Crippen MR) is 97.1 cm³/mol. The number of para-hydroxylation sites is 1. The first-order valence-corrected chi connectivity index (χ1v) is 8.37. The number of ether oxygens (including phenoxy) is 3. The molecule has 0 saturated carbocycles. The molecule has 0 heterocycles. The SMILES string of the molecule is C=CC(=O)OC(C#N)CCCOc1ccccc1C(=O)Oc1cc[c]cc1F. The summed E-state index contributed by atoms with van der Waals surface area (Å²) in [6.07, 6.45) is 0.729. The highest BCUT2D eigenvalue weighted by Crippen LogP contribution is 2.22. The summed E-state index contributed by atoms with van der Waals surface area (Å²) in [5, 5.41) is 8.97. The van der Waals surface area contributed by atoms with Crippen molar-refractivity contribution in [3.05, 3.63) is 72.6 Å². The van der Waals surface area contributed by atoms with Gasteiger partial charge in [-0.05, 0) is 36.8 Å². The van der Waals surface area contributed by atoms with Crippen molar-refractivity contribution in [1.29, 1.82) is 5.26 Å². The number of halogens is 1. The van der Waals surface area contributed by atoms with E-state index in [1.165, 1.54) is 18.2 Å². The van der Waals surface area contributed by atoms with Gasteiger partial charge in [0.2, 0.25) is 0 Å². The van der Waals surface area contributed by atoms with Crippen LogP contribution in [0, 0.1) is 23.2 Å². The molecular formula is C21H17FNO5. The van der Waals surface area contributed by atoms with Gasteiger partial charge >= 0.3 is 11.9 Å². The quantitative estimate of drug-likeness (QED) is 0.285. The Morgan fingerprint density at radius 3 is 2.79 bits per heavy atom. The lowest BCUT2D eigenvalue weighted by Gasteiger charge is -2.12. The number of benzene rings is 2. The molecular weight excluding hydrogens is 365 g/mol. The average molecular weight is 382 g/mol. The number of hydrogen-bond donors (Lipinski definition) is 0. The minimum absolute atomic E-state index is 0.129. The van der Waals surface area contributed by atoms with Gasteiger partial charge in [-0.15, -0.1) is 0 Å². The van der Waals surface area contributed by atoms with Gasteiger partial charge in [0.25, 0.3) is 0 Å².